The third-order valence-corrected chi connectivity index (χ3v) is 24.9. The molecule has 120 heavy (non-hydrogen) atoms. The lowest BCUT2D eigenvalue weighted by Crippen LogP contribution is -2.28. The average molecular weight is 1530 g/mol. The topological polar surface area (TPSA) is 16.3 Å². The summed E-state index contributed by atoms with van der Waals surface area (Å²) in [5.74, 6) is 0. The van der Waals surface area contributed by atoms with Gasteiger partial charge in [0.05, 0.1) is 32.9 Å². The van der Waals surface area contributed by atoms with E-state index in [0.717, 1.165) is 45.5 Å². The Morgan fingerprint density at radius 1 is 0.158 bits per heavy atom. The first kappa shape index (κ1) is 71.0. The van der Waals surface area contributed by atoms with Crippen LogP contribution in [-0.2, 0) is 10.8 Å². The van der Waals surface area contributed by atoms with Gasteiger partial charge in [-0.25, -0.2) is 0 Å². The molecule has 2 heterocycles. The number of hydrogen-bond donors (Lipinski definition) is 0. The van der Waals surface area contributed by atoms with Crippen molar-refractivity contribution in [1.82, 2.24) is 9.13 Å². The zero-order valence-corrected chi connectivity index (χ0v) is 66.0. The number of nitrogens with zero attached hydrogens (tertiary/aromatic N) is 4. The van der Waals surface area contributed by atoms with E-state index in [1.54, 1.807) is 0 Å². The third kappa shape index (κ3) is 11.8. The monoisotopic (exact) mass is 1530 g/mol. The van der Waals surface area contributed by atoms with Gasteiger partial charge in [0.15, 0.2) is 0 Å². The Hall–Kier alpha value is -15.6. The summed E-state index contributed by atoms with van der Waals surface area (Å²) in [6.07, 6.45) is 0. The van der Waals surface area contributed by atoms with Crippen LogP contribution in [0.2, 0.25) is 0 Å². The van der Waals surface area contributed by atoms with Crippen molar-refractivity contribution in [3.8, 4) is 67.0 Å². The highest BCUT2D eigenvalue weighted by Gasteiger charge is 2.48. The van der Waals surface area contributed by atoms with Crippen molar-refractivity contribution < 1.29 is 0 Å². The summed E-state index contributed by atoms with van der Waals surface area (Å²) in [5, 5.41) is 4.89. The van der Waals surface area contributed by atoms with Crippen LogP contribution in [0.25, 0.3) is 111 Å². The number of benzene rings is 19. The number of anilines is 6. The van der Waals surface area contributed by atoms with E-state index in [2.05, 4.69) is 504 Å². The summed E-state index contributed by atoms with van der Waals surface area (Å²) in [5.41, 5.74) is 35.3. The second-order valence-electron chi connectivity index (χ2n) is 31.4. The molecule has 0 atom stereocenters. The van der Waals surface area contributed by atoms with Crippen molar-refractivity contribution in [3.05, 3.63) is 530 Å². The normalized spacial score (nSPS) is 12.6. The van der Waals surface area contributed by atoms with Crippen molar-refractivity contribution >= 4 is 77.7 Å². The minimum absolute atomic E-state index is 0.449. The first-order valence-corrected chi connectivity index (χ1v) is 41.4. The van der Waals surface area contributed by atoms with Gasteiger partial charge in [0.25, 0.3) is 0 Å². The number of rotatable bonds is 15. The first-order valence-electron chi connectivity index (χ1n) is 41.4. The molecular weight excluding hydrogens is 1450 g/mol. The molecule has 19 aromatic carbocycles. The minimum Gasteiger partial charge on any atom is -0.310 e. The fourth-order valence-electron chi connectivity index (χ4n) is 19.7. The van der Waals surface area contributed by atoms with E-state index in [1.165, 1.54) is 144 Å². The maximum Gasteiger partial charge on any atom is 0.0714 e. The van der Waals surface area contributed by atoms with E-state index in [-0.39, 0.29) is 0 Å². The van der Waals surface area contributed by atoms with Crippen LogP contribution in [0.4, 0.5) is 34.1 Å². The molecule has 0 amide bonds. The lowest BCUT2D eigenvalue weighted by Gasteiger charge is -2.35. The molecule has 2 aliphatic carbocycles. The Morgan fingerprint density at radius 2 is 0.417 bits per heavy atom. The zero-order valence-electron chi connectivity index (χ0n) is 66.0. The highest BCUT2D eigenvalue weighted by atomic mass is 15.2. The van der Waals surface area contributed by atoms with Crippen LogP contribution in [-0.4, -0.2) is 9.13 Å². The van der Waals surface area contributed by atoms with Crippen LogP contribution in [0.15, 0.2) is 485 Å². The van der Waals surface area contributed by atoms with Gasteiger partial charge in [-0.1, -0.05) is 358 Å². The van der Waals surface area contributed by atoms with E-state index in [4.69, 9.17) is 0 Å². The number of para-hydroxylation sites is 4. The number of hydrogen-bond acceptors (Lipinski definition) is 2. The molecule has 4 nitrogen and oxygen atoms in total. The molecule has 0 unspecified atom stereocenters. The lowest BCUT2D eigenvalue weighted by molar-refractivity contribution is 0.768. The Morgan fingerprint density at radius 3 is 0.817 bits per heavy atom. The number of aromatic nitrogens is 2. The Kier molecular flexibility index (Phi) is 17.7. The maximum atomic E-state index is 2.46. The predicted molar refractivity (Wildman–Crippen MR) is 502 cm³/mol. The maximum absolute atomic E-state index is 2.46. The smallest absolute Gasteiger partial charge is 0.0714 e. The molecule has 0 N–H and O–H groups in total. The molecule has 0 aliphatic heterocycles. The summed E-state index contributed by atoms with van der Waals surface area (Å²) in [4.78, 5) is 4.83. The summed E-state index contributed by atoms with van der Waals surface area (Å²) in [7, 11) is 0. The largest absolute Gasteiger partial charge is 0.310 e. The molecule has 0 saturated carbocycles. The van der Waals surface area contributed by atoms with Gasteiger partial charge in [0.2, 0.25) is 0 Å². The van der Waals surface area contributed by atoms with E-state index in [1.807, 2.05) is 0 Å². The van der Waals surface area contributed by atoms with Gasteiger partial charge in [-0.2, -0.15) is 0 Å². The van der Waals surface area contributed by atoms with Crippen LogP contribution in [0.1, 0.15) is 44.5 Å². The molecule has 4 heteroatoms. The van der Waals surface area contributed by atoms with Gasteiger partial charge >= 0.3 is 0 Å². The van der Waals surface area contributed by atoms with Crippen molar-refractivity contribution in [3.63, 3.8) is 0 Å². The van der Waals surface area contributed by atoms with Gasteiger partial charge in [-0.3, -0.25) is 0 Å². The molecule has 0 spiro atoms. The van der Waals surface area contributed by atoms with E-state index in [9.17, 15) is 0 Å². The fourth-order valence-corrected chi connectivity index (χ4v) is 19.7. The van der Waals surface area contributed by atoms with Gasteiger partial charge in [-0.15, -0.1) is 0 Å². The Labute approximate surface area is 699 Å². The quantitative estimate of drug-likeness (QED) is 0.102. The summed E-state index contributed by atoms with van der Waals surface area (Å²) in [6.45, 7) is 0. The highest BCUT2D eigenvalue weighted by molar-refractivity contribution is 6.12. The molecule has 2 aromatic heterocycles. The molecule has 2 aliphatic rings. The van der Waals surface area contributed by atoms with Crippen LogP contribution in [0.3, 0.4) is 0 Å². The Balaban J connectivity index is 0.000000145. The number of fused-ring (bicyclic) bond motifs is 12. The third-order valence-electron chi connectivity index (χ3n) is 24.9. The molecule has 0 radical (unpaired) electrons. The molecule has 564 valence electrons. The second-order valence-corrected chi connectivity index (χ2v) is 31.4. The van der Waals surface area contributed by atoms with Crippen LogP contribution >= 0.6 is 0 Å². The fraction of sp³-hybridized carbons (Fsp3) is 0.0172. The molecule has 0 saturated heterocycles. The molecule has 0 bridgehead atoms. The lowest BCUT2D eigenvalue weighted by atomic mass is 9.67. The minimum atomic E-state index is -0.500. The molecule has 21 aromatic rings. The van der Waals surface area contributed by atoms with Gasteiger partial charge in [0, 0.05) is 67.0 Å². The molecule has 0 fully saturated rings. The van der Waals surface area contributed by atoms with Gasteiger partial charge < -0.3 is 18.9 Å². The van der Waals surface area contributed by atoms with E-state index < -0.39 is 10.8 Å². The van der Waals surface area contributed by atoms with Gasteiger partial charge in [0.1, 0.15) is 0 Å². The van der Waals surface area contributed by atoms with Crippen molar-refractivity contribution in [2.45, 2.75) is 10.8 Å². The van der Waals surface area contributed by atoms with Crippen molar-refractivity contribution in [1.29, 1.82) is 0 Å². The molecule has 23 rings (SSSR count). The molecular formula is C116H80N4. The van der Waals surface area contributed by atoms with Crippen LogP contribution < -0.4 is 9.80 Å². The van der Waals surface area contributed by atoms with Crippen LogP contribution in [0.5, 0.6) is 0 Å². The average Bonchev–Trinajstić information content (AvgIpc) is 1.54. The second kappa shape index (κ2) is 29.9. The van der Waals surface area contributed by atoms with E-state index >= 15 is 0 Å². The summed E-state index contributed by atoms with van der Waals surface area (Å²) < 4.78 is 4.76. The first-order chi connectivity index (χ1) is 59.5. The predicted octanol–water partition coefficient (Wildman–Crippen LogP) is 30.2. The zero-order chi connectivity index (χ0) is 79.5. The summed E-state index contributed by atoms with van der Waals surface area (Å²) in [6, 6.07) is 177. The van der Waals surface area contributed by atoms with Crippen LogP contribution in [0, 0.1) is 0 Å². The standard InChI is InChI=1S/C61H42N2.C55H38N2/c1-5-17-43(18-6-1)44-29-34-50(35-30-44)62(52-38-40-60-56(42-52)55-26-14-16-28-59(55)63(60)49-23-11-4-12-24-49)51-36-31-45(32-37-51)46-33-39-54-53-25-13-15-27-57(53)61(58(54)41-46,47-19-7-2-8-20-47)48-21-9-3-10-22-48;1-5-17-39(18-6-1)40-29-31-44(32-30-40)56(45-34-36-54-50(37-45)49-26-14-16-28-53(49)57(54)43-23-11-4-12-24-43)46-33-35-48-47-25-13-15-27-51(47)55(52(48)38-46,41-19-7-2-8-20-41)42-21-9-3-10-22-42/h1-42H;1-38H. The SMILES string of the molecule is c1ccc(-c2ccc(N(c3ccc(-c4ccc5c(c4)C(c4ccccc4)(c4ccccc4)c4ccccc4-5)cc3)c3ccc4c(c3)c3ccccc3n4-c3ccccc3)cc2)cc1.c1ccc(-c2ccc(N(c3ccc4c(c3)C(c3ccccc3)(c3ccccc3)c3ccccc3-4)c3ccc4c(c3)c3ccccc3n4-c3ccccc3)cc2)cc1. The van der Waals surface area contributed by atoms with Crippen molar-refractivity contribution in [2.24, 2.45) is 0 Å². The Bertz CT molecular complexity index is 7250. The van der Waals surface area contributed by atoms with E-state index in [0.29, 0.717) is 0 Å². The summed E-state index contributed by atoms with van der Waals surface area (Å²) >= 11 is 0. The highest BCUT2D eigenvalue weighted by Crippen LogP contribution is 2.60. The van der Waals surface area contributed by atoms with Crippen molar-refractivity contribution in [2.75, 3.05) is 9.80 Å². The van der Waals surface area contributed by atoms with Gasteiger partial charge in [-0.05, 0) is 228 Å².